The van der Waals surface area contributed by atoms with E-state index in [0.717, 1.165) is 18.4 Å². The summed E-state index contributed by atoms with van der Waals surface area (Å²) < 4.78 is 33.1. The largest absolute Gasteiger partial charge is 0.338 e. The van der Waals surface area contributed by atoms with E-state index < -0.39 is 10.0 Å². The molecule has 0 radical (unpaired) electrons. The molecule has 11 heteroatoms. The van der Waals surface area contributed by atoms with Gasteiger partial charge in [0.15, 0.2) is 0 Å². The summed E-state index contributed by atoms with van der Waals surface area (Å²) in [4.78, 5) is 19.9. The minimum atomic E-state index is -3.56. The van der Waals surface area contributed by atoms with Gasteiger partial charge < -0.3 is 9.84 Å². The lowest BCUT2D eigenvalue weighted by molar-refractivity contribution is -0.121. The van der Waals surface area contributed by atoms with Gasteiger partial charge in [0.2, 0.25) is 27.6 Å². The lowest BCUT2D eigenvalue weighted by atomic mass is 9.96. The number of rotatable bonds is 7. The molecular weight excluding hydrogens is 514 g/mol. The molecule has 5 rings (SSSR count). The number of hydrogen-bond acceptors (Lipinski definition) is 7. The van der Waals surface area contributed by atoms with Crippen molar-refractivity contribution in [2.45, 2.75) is 44.0 Å². The number of carbonyl (C=O) groups excluding carboxylic acids is 1. The van der Waals surface area contributed by atoms with Crippen molar-refractivity contribution in [2.75, 3.05) is 31.5 Å². The molecule has 0 spiro atoms. The quantitative estimate of drug-likeness (QED) is 0.472. The van der Waals surface area contributed by atoms with Gasteiger partial charge in [0, 0.05) is 30.3 Å². The third-order valence-corrected chi connectivity index (χ3v) is 9.41. The van der Waals surface area contributed by atoms with Crippen molar-refractivity contribution < 1.29 is 17.7 Å². The molecule has 2 aliphatic rings. The zero-order valence-electron chi connectivity index (χ0n) is 20.7. The summed E-state index contributed by atoms with van der Waals surface area (Å²) in [6.07, 6.45) is 3.12. The van der Waals surface area contributed by atoms with Crippen molar-refractivity contribution in [3.05, 3.63) is 58.9 Å². The van der Waals surface area contributed by atoms with Gasteiger partial charge >= 0.3 is 0 Å². The topological polar surface area (TPSA) is 109 Å². The zero-order valence-corrected chi connectivity index (χ0v) is 22.3. The molecular formula is C26H30ClN5O4S. The zero-order chi connectivity index (χ0) is 26.0. The molecule has 1 aromatic heterocycles. The molecule has 0 aliphatic carbocycles. The van der Waals surface area contributed by atoms with Crippen LogP contribution in [0.3, 0.4) is 0 Å². The average molecular weight is 544 g/mol. The van der Waals surface area contributed by atoms with E-state index in [-0.39, 0.29) is 16.7 Å². The minimum Gasteiger partial charge on any atom is -0.338 e. The number of nitrogens with one attached hydrogen (secondary N) is 1. The van der Waals surface area contributed by atoms with Gasteiger partial charge in [-0.1, -0.05) is 35.0 Å². The van der Waals surface area contributed by atoms with Crippen molar-refractivity contribution in [3.8, 4) is 11.4 Å². The fourth-order valence-corrected chi connectivity index (χ4v) is 6.87. The third-order valence-electron chi connectivity index (χ3n) is 7.04. The van der Waals surface area contributed by atoms with Crippen LogP contribution in [0.1, 0.15) is 37.1 Å². The second-order valence-corrected chi connectivity index (χ2v) is 11.9. The number of likely N-dealkylation sites (tertiary alicyclic amines) is 1. The van der Waals surface area contributed by atoms with Crippen LogP contribution in [-0.4, -0.2) is 59.8 Å². The van der Waals surface area contributed by atoms with Crippen molar-refractivity contribution in [3.63, 3.8) is 0 Å². The van der Waals surface area contributed by atoms with E-state index in [1.165, 1.54) is 4.31 Å². The third kappa shape index (κ3) is 5.72. The molecule has 9 nitrogen and oxygen atoms in total. The Kier molecular flexibility index (Phi) is 7.62. The van der Waals surface area contributed by atoms with Gasteiger partial charge in [-0.25, -0.2) is 8.42 Å². The number of aromatic nitrogens is 2. The van der Waals surface area contributed by atoms with Crippen molar-refractivity contribution in [1.29, 1.82) is 0 Å². The second kappa shape index (κ2) is 10.9. The Bertz CT molecular complexity index is 1380. The normalized spacial score (nSPS) is 17.8. The summed E-state index contributed by atoms with van der Waals surface area (Å²) in [5.74, 6) is 0.715. The van der Waals surface area contributed by atoms with Crippen LogP contribution < -0.4 is 5.32 Å². The lowest BCUT2D eigenvalue weighted by Crippen LogP contribution is -2.37. The average Bonchev–Trinajstić information content (AvgIpc) is 3.59. The summed E-state index contributed by atoms with van der Waals surface area (Å²) in [7, 11) is -3.56. The van der Waals surface area contributed by atoms with Crippen LogP contribution in [0.5, 0.6) is 0 Å². The van der Waals surface area contributed by atoms with E-state index in [4.69, 9.17) is 16.1 Å². The van der Waals surface area contributed by atoms with E-state index in [1.807, 2.05) is 18.2 Å². The molecule has 2 aliphatic heterocycles. The van der Waals surface area contributed by atoms with Crippen LogP contribution in [0.25, 0.3) is 11.4 Å². The monoisotopic (exact) mass is 543 g/mol. The summed E-state index contributed by atoms with van der Waals surface area (Å²) in [6.45, 7) is 4.80. The first kappa shape index (κ1) is 25.8. The summed E-state index contributed by atoms with van der Waals surface area (Å²) in [5, 5.41) is 7.56. The van der Waals surface area contributed by atoms with Gasteiger partial charge in [0.1, 0.15) is 0 Å². The highest BCUT2D eigenvalue weighted by atomic mass is 35.5. The predicted molar refractivity (Wildman–Crippen MR) is 141 cm³/mol. The maximum Gasteiger partial charge on any atom is 0.243 e. The van der Waals surface area contributed by atoms with Crippen LogP contribution in [-0.2, 0) is 21.4 Å². The number of benzene rings is 2. The maximum absolute atomic E-state index is 13.1. The van der Waals surface area contributed by atoms with Crippen LogP contribution in [0, 0.1) is 12.8 Å². The number of halogens is 1. The van der Waals surface area contributed by atoms with Gasteiger partial charge in [0.25, 0.3) is 0 Å². The van der Waals surface area contributed by atoms with E-state index in [1.54, 1.807) is 31.2 Å². The number of sulfonamides is 1. The molecule has 1 N–H and O–H groups in total. The molecule has 2 fully saturated rings. The Balaban J connectivity index is 1.17. The molecule has 0 unspecified atom stereocenters. The summed E-state index contributed by atoms with van der Waals surface area (Å²) in [6, 6.07) is 12.5. The number of nitrogens with zero attached hydrogens (tertiary/aromatic N) is 4. The van der Waals surface area contributed by atoms with E-state index >= 15 is 0 Å². The van der Waals surface area contributed by atoms with Crippen LogP contribution in [0.15, 0.2) is 51.9 Å². The highest BCUT2D eigenvalue weighted by Crippen LogP contribution is 2.28. The molecule has 2 aromatic carbocycles. The summed E-state index contributed by atoms with van der Waals surface area (Å²) in [5.41, 5.74) is 1.91. The lowest BCUT2D eigenvalue weighted by Gasteiger charge is -2.30. The Labute approximate surface area is 221 Å². The van der Waals surface area contributed by atoms with Crippen molar-refractivity contribution >= 4 is 33.2 Å². The maximum atomic E-state index is 13.1. The van der Waals surface area contributed by atoms with Gasteiger partial charge in [-0.15, -0.1) is 0 Å². The van der Waals surface area contributed by atoms with Gasteiger partial charge in [-0.3, -0.25) is 9.69 Å². The first-order valence-corrected chi connectivity index (χ1v) is 14.3. The van der Waals surface area contributed by atoms with Crippen LogP contribution in [0.2, 0.25) is 5.02 Å². The summed E-state index contributed by atoms with van der Waals surface area (Å²) >= 11 is 6.23. The minimum absolute atomic E-state index is 0.0909. The molecule has 1 amide bonds. The van der Waals surface area contributed by atoms with Gasteiger partial charge in [-0.2, -0.15) is 9.29 Å². The molecule has 196 valence electrons. The first-order chi connectivity index (χ1) is 17.8. The fraction of sp³-hybridized carbons (Fsp3) is 0.423. The standard InChI is InChI=1S/C26H30ClN5O4S/c1-18-8-9-20(16-23(18)37(34,35)32-12-4-5-13-32)28-26(33)19-10-14-31(15-11-19)17-24-29-25(30-36-24)21-6-2-3-7-22(21)27/h2-3,6-9,16,19H,4-5,10-15,17H2,1H3,(H,28,33). The molecule has 3 heterocycles. The number of hydrogen-bond donors (Lipinski definition) is 1. The predicted octanol–water partition coefficient (Wildman–Crippen LogP) is 4.33. The molecule has 3 aromatic rings. The molecule has 0 saturated carbocycles. The Morgan fingerprint density at radius 1 is 1.11 bits per heavy atom. The Morgan fingerprint density at radius 3 is 2.57 bits per heavy atom. The van der Waals surface area contributed by atoms with Crippen molar-refractivity contribution in [1.82, 2.24) is 19.3 Å². The Morgan fingerprint density at radius 2 is 1.84 bits per heavy atom. The van der Waals surface area contributed by atoms with E-state index in [2.05, 4.69) is 20.4 Å². The number of carbonyl (C=O) groups is 1. The number of anilines is 1. The number of aryl methyl sites for hydroxylation is 1. The highest BCUT2D eigenvalue weighted by Gasteiger charge is 2.30. The van der Waals surface area contributed by atoms with E-state index in [9.17, 15) is 13.2 Å². The number of amides is 1. The Hall–Kier alpha value is -2.79. The molecule has 0 atom stereocenters. The van der Waals surface area contributed by atoms with Crippen LogP contribution in [0.4, 0.5) is 5.69 Å². The van der Waals surface area contributed by atoms with Crippen LogP contribution >= 0.6 is 11.6 Å². The van der Waals surface area contributed by atoms with E-state index in [0.29, 0.717) is 73.6 Å². The molecule has 2 saturated heterocycles. The number of piperidine rings is 1. The van der Waals surface area contributed by atoms with Gasteiger partial charge in [-0.05, 0) is 75.5 Å². The smallest absolute Gasteiger partial charge is 0.243 e. The molecule has 0 bridgehead atoms. The first-order valence-electron chi connectivity index (χ1n) is 12.5. The second-order valence-electron chi connectivity index (χ2n) is 9.62. The SMILES string of the molecule is Cc1ccc(NC(=O)C2CCN(Cc3nc(-c4ccccc4Cl)no3)CC2)cc1S(=O)(=O)N1CCCC1. The highest BCUT2D eigenvalue weighted by molar-refractivity contribution is 7.89. The fourth-order valence-electron chi connectivity index (χ4n) is 4.88. The van der Waals surface area contributed by atoms with Gasteiger partial charge in [0.05, 0.1) is 16.5 Å². The van der Waals surface area contributed by atoms with Crippen molar-refractivity contribution in [2.24, 2.45) is 5.92 Å². The molecule has 37 heavy (non-hydrogen) atoms.